The molecule has 2 aliphatic heterocycles. The normalized spacial score (nSPS) is 30.2. The molecule has 3 heteroatoms. The van der Waals surface area contributed by atoms with Gasteiger partial charge < -0.3 is 5.32 Å². The minimum atomic E-state index is 0.635. The van der Waals surface area contributed by atoms with Crippen molar-refractivity contribution >= 4 is 0 Å². The van der Waals surface area contributed by atoms with Crippen LogP contribution < -0.4 is 5.32 Å². The van der Waals surface area contributed by atoms with Gasteiger partial charge in [0.2, 0.25) is 0 Å². The molecule has 0 radical (unpaired) electrons. The zero-order valence-corrected chi connectivity index (χ0v) is 11.0. The summed E-state index contributed by atoms with van der Waals surface area (Å²) < 4.78 is 0. The predicted molar refractivity (Wildman–Crippen MR) is 73.4 cm³/mol. The van der Waals surface area contributed by atoms with Gasteiger partial charge in [-0.2, -0.15) is 0 Å². The molecule has 1 aromatic heterocycles. The van der Waals surface area contributed by atoms with Crippen molar-refractivity contribution in [1.29, 1.82) is 0 Å². The van der Waals surface area contributed by atoms with Crippen molar-refractivity contribution in [3.8, 4) is 0 Å². The summed E-state index contributed by atoms with van der Waals surface area (Å²) in [4.78, 5) is 6.89. The second kappa shape index (κ2) is 5.81. The maximum Gasteiger partial charge on any atom is 0.0352 e. The Hall–Kier alpha value is -0.930. The first-order valence-electron chi connectivity index (χ1n) is 7.31. The fraction of sp³-hybridized carbons (Fsp3) is 0.667. The highest BCUT2D eigenvalue weighted by atomic mass is 15.2. The molecule has 0 spiro atoms. The lowest BCUT2D eigenvalue weighted by Crippen LogP contribution is -2.35. The Labute approximate surface area is 110 Å². The average molecular weight is 245 g/mol. The van der Waals surface area contributed by atoms with Gasteiger partial charge in [-0.1, -0.05) is 0 Å². The summed E-state index contributed by atoms with van der Waals surface area (Å²) in [7, 11) is 0. The average Bonchev–Trinajstić information content (AvgIpc) is 2.75. The number of pyridine rings is 1. The highest BCUT2D eigenvalue weighted by Crippen LogP contribution is 2.35. The molecule has 0 saturated carbocycles. The summed E-state index contributed by atoms with van der Waals surface area (Å²) in [5.74, 6) is 0. The Balaban J connectivity index is 1.74. The molecule has 1 N–H and O–H groups in total. The fourth-order valence-corrected chi connectivity index (χ4v) is 3.50. The molecule has 3 heterocycles. The predicted octanol–water partition coefficient (Wildman–Crippen LogP) is 2.36. The van der Waals surface area contributed by atoms with E-state index < -0.39 is 0 Å². The van der Waals surface area contributed by atoms with Crippen LogP contribution in [0.2, 0.25) is 0 Å². The number of hydrogen-bond donors (Lipinski definition) is 1. The minimum absolute atomic E-state index is 0.635. The van der Waals surface area contributed by atoms with Crippen LogP contribution in [0, 0.1) is 0 Å². The van der Waals surface area contributed by atoms with Crippen LogP contribution in [0.4, 0.5) is 0 Å². The van der Waals surface area contributed by atoms with Crippen molar-refractivity contribution < 1.29 is 0 Å². The zero-order chi connectivity index (χ0) is 12.2. The Morgan fingerprint density at radius 3 is 2.83 bits per heavy atom. The van der Waals surface area contributed by atoms with E-state index in [9.17, 15) is 0 Å². The number of likely N-dealkylation sites (tertiary alicyclic amines) is 1. The van der Waals surface area contributed by atoms with Crippen molar-refractivity contribution in [2.75, 3.05) is 19.6 Å². The van der Waals surface area contributed by atoms with Gasteiger partial charge in [0.25, 0.3) is 0 Å². The van der Waals surface area contributed by atoms with Gasteiger partial charge in [0.05, 0.1) is 0 Å². The SMILES string of the molecule is c1cc(C2CCCN2C2CCCNCC2)ccn1. The molecule has 0 bridgehead atoms. The molecular formula is C15H23N3. The number of nitrogens with one attached hydrogen (secondary N) is 1. The largest absolute Gasteiger partial charge is 0.317 e. The molecule has 98 valence electrons. The second-order valence-electron chi connectivity index (χ2n) is 5.51. The van der Waals surface area contributed by atoms with Gasteiger partial charge >= 0.3 is 0 Å². The van der Waals surface area contributed by atoms with E-state index >= 15 is 0 Å². The maximum atomic E-state index is 4.14. The van der Waals surface area contributed by atoms with Gasteiger partial charge in [-0.3, -0.25) is 9.88 Å². The first-order valence-corrected chi connectivity index (χ1v) is 7.31. The summed E-state index contributed by atoms with van der Waals surface area (Å²) in [6.07, 6.45) is 10.5. The summed E-state index contributed by atoms with van der Waals surface area (Å²) in [5, 5.41) is 3.52. The number of aromatic nitrogens is 1. The van der Waals surface area contributed by atoms with E-state index in [0.29, 0.717) is 6.04 Å². The minimum Gasteiger partial charge on any atom is -0.317 e. The van der Waals surface area contributed by atoms with Crippen molar-refractivity contribution in [2.45, 2.75) is 44.2 Å². The van der Waals surface area contributed by atoms with Gasteiger partial charge in [0.1, 0.15) is 0 Å². The molecule has 2 aliphatic rings. The van der Waals surface area contributed by atoms with Gasteiger partial charge in [0, 0.05) is 24.5 Å². The topological polar surface area (TPSA) is 28.2 Å². The summed E-state index contributed by atoms with van der Waals surface area (Å²) >= 11 is 0. The highest BCUT2D eigenvalue weighted by molar-refractivity contribution is 5.16. The van der Waals surface area contributed by atoms with E-state index in [2.05, 4.69) is 27.3 Å². The van der Waals surface area contributed by atoms with E-state index in [1.54, 1.807) is 0 Å². The summed E-state index contributed by atoms with van der Waals surface area (Å²) in [5.41, 5.74) is 1.46. The molecule has 18 heavy (non-hydrogen) atoms. The molecule has 1 aromatic rings. The Kier molecular flexibility index (Phi) is 3.91. The summed E-state index contributed by atoms with van der Waals surface area (Å²) in [6, 6.07) is 5.80. The Morgan fingerprint density at radius 2 is 1.94 bits per heavy atom. The van der Waals surface area contributed by atoms with E-state index in [4.69, 9.17) is 0 Å². The van der Waals surface area contributed by atoms with Crippen LogP contribution in [0.15, 0.2) is 24.5 Å². The van der Waals surface area contributed by atoms with Crippen LogP contribution in [-0.4, -0.2) is 35.6 Å². The quantitative estimate of drug-likeness (QED) is 0.867. The van der Waals surface area contributed by atoms with Crippen LogP contribution in [0.25, 0.3) is 0 Å². The monoisotopic (exact) mass is 245 g/mol. The second-order valence-corrected chi connectivity index (χ2v) is 5.51. The third kappa shape index (κ3) is 2.57. The molecule has 2 fully saturated rings. The van der Waals surface area contributed by atoms with Crippen molar-refractivity contribution in [1.82, 2.24) is 15.2 Å². The van der Waals surface area contributed by atoms with Crippen LogP contribution in [0.3, 0.4) is 0 Å². The van der Waals surface area contributed by atoms with E-state index in [1.807, 2.05) is 12.4 Å². The molecule has 3 nitrogen and oxygen atoms in total. The van der Waals surface area contributed by atoms with Crippen LogP contribution in [-0.2, 0) is 0 Å². The molecule has 2 unspecified atom stereocenters. The lowest BCUT2D eigenvalue weighted by Gasteiger charge is -2.32. The van der Waals surface area contributed by atoms with Gasteiger partial charge in [0.15, 0.2) is 0 Å². The summed E-state index contributed by atoms with van der Waals surface area (Å²) in [6.45, 7) is 3.66. The smallest absolute Gasteiger partial charge is 0.0352 e. The molecular weight excluding hydrogens is 222 g/mol. The third-order valence-corrected chi connectivity index (χ3v) is 4.40. The van der Waals surface area contributed by atoms with Crippen molar-refractivity contribution in [3.05, 3.63) is 30.1 Å². The third-order valence-electron chi connectivity index (χ3n) is 4.40. The van der Waals surface area contributed by atoms with Crippen molar-refractivity contribution in [2.24, 2.45) is 0 Å². The Bertz CT molecular complexity index is 357. The highest BCUT2D eigenvalue weighted by Gasteiger charge is 2.31. The van der Waals surface area contributed by atoms with E-state index in [-0.39, 0.29) is 0 Å². The standard InChI is InChI=1S/C15H23N3/c1-3-14(7-11-16-8-1)18-12-2-4-15(18)13-5-9-17-10-6-13/h5-6,9-10,14-16H,1-4,7-8,11-12H2. The van der Waals surface area contributed by atoms with Gasteiger partial charge in [-0.25, -0.2) is 0 Å². The number of nitrogens with zero attached hydrogens (tertiary/aromatic N) is 2. The number of hydrogen-bond acceptors (Lipinski definition) is 3. The molecule has 0 amide bonds. The molecule has 0 aliphatic carbocycles. The lowest BCUT2D eigenvalue weighted by atomic mass is 10.0. The van der Waals surface area contributed by atoms with Crippen molar-refractivity contribution in [3.63, 3.8) is 0 Å². The Morgan fingerprint density at radius 1 is 1.06 bits per heavy atom. The van der Waals surface area contributed by atoms with Gasteiger partial charge in [-0.15, -0.1) is 0 Å². The molecule has 0 aromatic carbocycles. The first-order chi connectivity index (χ1) is 8.95. The molecule has 2 atom stereocenters. The first kappa shape index (κ1) is 12.1. The van der Waals surface area contributed by atoms with Gasteiger partial charge in [-0.05, 0) is 69.4 Å². The molecule has 3 rings (SSSR count). The lowest BCUT2D eigenvalue weighted by molar-refractivity contribution is 0.166. The van der Waals surface area contributed by atoms with E-state index in [0.717, 1.165) is 6.04 Å². The van der Waals surface area contributed by atoms with Crippen LogP contribution >= 0.6 is 0 Å². The van der Waals surface area contributed by atoms with Crippen LogP contribution in [0.1, 0.15) is 43.7 Å². The van der Waals surface area contributed by atoms with Crippen LogP contribution in [0.5, 0.6) is 0 Å². The zero-order valence-electron chi connectivity index (χ0n) is 11.0. The number of rotatable bonds is 2. The fourth-order valence-electron chi connectivity index (χ4n) is 3.50. The maximum absolute atomic E-state index is 4.14. The molecule has 2 saturated heterocycles. The van der Waals surface area contributed by atoms with E-state index in [1.165, 1.54) is 57.3 Å².